The zero-order chi connectivity index (χ0) is 21.8. The van der Waals surface area contributed by atoms with Crippen LogP contribution in [0.3, 0.4) is 0 Å². The lowest BCUT2D eigenvalue weighted by molar-refractivity contribution is -0.134. The first-order chi connectivity index (χ1) is 15.8. The Morgan fingerprint density at radius 1 is 0.844 bits per heavy atom. The Bertz CT molecular complexity index is 812. The Hall–Kier alpha value is -2.21. The van der Waals surface area contributed by atoms with E-state index < -0.39 is 0 Å². The predicted molar refractivity (Wildman–Crippen MR) is 128 cm³/mol. The number of benzene rings is 2. The molecule has 170 valence electrons. The van der Waals surface area contributed by atoms with Crippen LogP contribution in [-0.2, 0) is 17.9 Å². The van der Waals surface area contributed by atoms with Gasteiger partial charge in [-0.15, -0.1) is 0 Å². The standard InChI is InChI=1S/C27H36N4O/c32-27(29-15-13-28-14-16-29)21-31-24-11-12-25(31)18-26(17-24)30(19-22-7-3-1-4-8-22)20-23-9-5-2-6-10-23/h1-10,24-26,28H,11-21H2. The maximum atomic E-state index is 12.9. The monoisotopic (exact) mass is 432 g/mol. The van der Waals surface area contributed by atoms with Crippen molar-refractivity contribution in [3.05, 3.63) is 71.8 Å². The molecule has 0 saturated carbocycles. The molecule has 1 N–H and O–H groups in total. The van der Waals surface area contributed by atoms with E-state index in [9.17, 15) is 4.79 Å². The van der Waals surface area contributed by atoms with Crippen LogP contribution in [0.4, 0.5) is 0 Å². The van der Waals surface area contributed by atoms with Crippen molar-refractivity contribution in [1.29, 1.82) is 0 Å². The molecule has 5 rings (SSSR count). The van der Waals surface area contributed by atoms with Gasteiger partial charge in [0.25, 0.3) is 0 Å². The van der Waals surface area contributed by atoms with Gasteiger partial charge in [0, 0.05) is 57.4 Å². The van der Waals surface area contributed by atoms with Crippen molar-refractivity contribution in [1.82, 2.24) is 20.0 Å². The number of nitrogens with zero attached hydrogens (tertiary/aromatic N) is 3. The number of nitrogens with one attached hydrogen (secondary N) is 1. The number of rotatable bonds is 7. The predicted octanol–water partition coefficient (Wildman–Crippen LogP) is 3.12. The van der Waals surface area contributed by atoms with E-state index in [0.29, 0.717) is 30.6 Å². The van der Waals surface area contributed by atoms with Crippen molar-refractivity contribution < 1.29 is 4.79 Å². The van der Waals surface area contributed by atoms with Crippen molar-refractivity contribution in [2.24, 2.45) is 0 Å². The maximum Gasteiger partial charge on any atom is 0.236 e. The lowest BCUT2D eigenvalue weighted by atomic mass is 9.94. The fraction of sp³-hybridized carbons (Fsp3) is 0.519. The lowest BCUT2D eigenvalue weighted by Crippen LogP contribution is -2.55. The summed E-state index contributed by atoms with van der Waals surface area (Å²) in [5, 5.41) is 3.35. The molecule has 32 heavy (non-hydrogen) atoms. The van der Waals surface area contributed by atoms with Crippen LogP contribution in [0.15, 0.2) is 60.7 Å². The molecule has 5 nitrogen and oxygen atoms in total. The maximum absolute atomic E-state index is 12.9. The Morgan fingerprint density at radius 3 is 1.91 bits per heavy atom. The van der Waals surface area contributed by atoms with Crippen molar-refractivity contribution in [3.63, 3.8) is 0 Å². The van der Waals surface area contributed by atoms with Crippen LogP contribution in [0.1, 0.15) is 36.8 Å². The van der Waals surface area contributed by atoms with Crippen LogP contribution < -0.4 is 5.32 Å². The molecular weight excluding hydrogens is 396 g/mol. The van der Waals surface area contributed by atoms with Crippen LogP contribution in [0, 0.1) is 0 Å². The molecule has 3 heterocycles. The molecule has 1 amide bonds. The van der Waals surface area contributed by atoms with Crippen LogP contribution in [0.25, 0.3) is 0 Å². The number of carbonyl (C=O) groups excluding carboxylic acids is 1. The molecule has 2 bridgehead atoms. The third-order valence-electron chi connectivity index (χ3n) is 7.62. The first-order valence-electron chi connectivity index (χ1n) is 12.3. The number of hydrogen-bond donors (Lipinski definition) is 1. The number of piperidine rings is 1. The molecule has 3 fully saturated rings. The zero-order valence-corrected chi connectivity index (χ0v) is 19.0. The van der Waals surface area contributed by atoms with Gasteiger partial charge in [0.1, 0.15) is 0 Å². The van der Waals surface area contributed by atoms with Crippen LogP contribution in [0.2, 0.25) is 0 Å². The first-order valence-corrected chi connectivity index (χ1v) is 12.3. The Kier molecular flexibility index (Phi) is 6.86. The van der Waals surface area contributed by atoms with Gasteiger partial charge in [0.2, 0.25) is 5.91 Å². The third kappa shape index (κ3) is 5.06. The molecule has 5 heteroatoms. The quantitative estimate of drug-likeness (QED) is 0.730. The van der Waals surface area contributed by atoms with Crippen molar-refractivity contribution >= 4 is 5.91 Å². The van der Waals surface area contributed by atoms with E-state index in [-0.39, 0.29) is 0 Å². The van der Waals surface area contributed by atoms with Gasteiger partial charge in [0.15, 0.2) is 0 Å². The molecule has 0 spiro atoms. The SMILES string of the molecule is O=C(CN1C2CCC1CC(N(Cc1ccccc1)Cc1ccccc1)C2)N1CCNCC1. The fourth-order valence-corrected chi connectivity index (χ4v) is 5.92. The van der Waals surface area contributed by atoms with Gasteiger partial charge >= 0.3 is 0 Å². The van der Waals surface area contributed by atoms with Gasteiger partial charge in [-0.05, 0) is 36.8 Å². The highest BCUT2D eigenvalue weighted by molar-refractivity contribution is 5.78. The highest BCUT2D eigenvalue weighted by atomic mass is 16.2. The fourth-order valence-electron chi connectivity index (χ4n) is 5.92. The summed E-state index contributed by atoms with van der Waals surface area (Å²) in [7, 11) is 0. The van der Waals surface area contributed by atoms with Gasteiger partial charge in [-0.25, -0.2) is 0 Å². The normalized spacial score (nSPS) is 25.9. The first kappa shape index (κ1) is 21.6. The van der Waals surface area contributed by atoms with Crippen LogP contribution in [-0.4, -0.2) is 71.5 Å². The molecule has 3 saturated heterocycles. The lowest BCUT2D eigenvalue weighted by Gasteiger charge is -2.44. The molecule has 2 atom stereocenters. The molecule has 0 radical (unpaired) electrons. The average Bonchev–Trinajstić information content (AvgIpc) is 3.06. The second-order valence-corrected chi connectivity index (χ2v) is 9.69. The van der Waals surface area contributed by atoms with Gasteiger partial charge in [0.05, 0.1) is 6.54 Å². The van der Waals surface area contributed by atoms with E-state index in [1.54, 1.807) is 0 Å². The molecular formula is C27H36N4O. The van der Waals surface area contributed by atoms with Crippen LogP contribution >= 0.6 is 0 Å². The molecule has 3 aliphatic heterocycles. The van der Waals surface area contributed by atoms with Crippen LogP contribution in [0.5, 0.6) is 0 Å². The minimum Gasteiger partial charge on any atom is -0.339 e. The second kappa shape index (κ2) is 10.2. The summed E-state index contributed by atoms with van der Waals surface area (Å²) in [4.78, 5) is 20.2. The van der Waals surface area contributed by atoms with E-state index in [1.165, 1.54) is 36.8 Å². The number of fused-ring (bicyclic) bond motifs is 2. The Balaban J connectivity index is 1.27. The average molecular weight is 433 g/mol. The van der Waals surface area contributed by atoms with Gasteiger partial charge in [-0.2, -0.15) is 0 Å². The van der Waals surface area contributed by atoms with Crippen molar-refractivity contribution in [2.45, 2.75) is 56.9 Å². The second-order valence-electron chi connectivity index (χ2n) is 9.69. The molecule has 2 aromatic carbocycles. The number of carbonyl (C=O) groups is 1. The number of piperazine rings is 1. The number of hydrogen-bond acceptors (Lipinski definition) is 4. The van der Waals surface area contributed by atoms with E-state index in [2.05, 4.69) is 80.7 Å². The Labute approximate surface area is 192 Å². The molecule has 2 unspecified atom stereocenters. The molecule has 0 aliphatic carbocycles. The number of amides is 1. The summed E-state index contributed by atoms with van der Waals surface area (Å²) >= 11 is 0. The van der Waals surface area contributed by atoms with Crippen molar-refractivity contribution in [3.8, 4) is 0 Å². The smallest absolute Gasteiger partial charge is 0.236 e. The van der Waals surface area contributed by atoms with Gasteiger partial charge in [-0.3, -0.25) is 14.6 Å². The Morgan fingerprint density at radius 2 is 1.38 bits per heavy atom. The third-order valence-corrected chi connectivity index (χ3v) is 7.62. The molecule has 0 aromatic heterocycles. The highest BCUT2D eigenvalue weighted by Crippen LogP contribution is 2.38. The summed E-state index contributed by atoms with van der Waals surface area (Å²) in [6.45, 7) is 6.14. The minimum atomic E-state index is 0.326. The van der Waals surface area contributed by atoms with E-state index in [0.717, 1.165) is 39.3 Å². The van der Waals surface area contributed by atoms with E-state index >= 15 is 0 Å². The van der Waals surface area contributed by atoms with Gasteiger partial charge in [-0.1, -0.05) is 60.7 Å². The van der Waals surface area contributed by atoms with Gasteiger partial charge < -0.3 is 10.2 Å². The largest absolute Gasteiger partial charge is 0.339 e. The summed E-state index contributed by atoms with van der Waals surface area (Å²) in [5.41, 5.74) is 2.76. The highest BCUT2D eigenvalue weighted by Gasteiger charge is 2.43. The molecule has 2 aromatic rings. The molecule has 3 aliphatic rings. The van der Waals surface area contributed by atoms with Crippen molar-refractivity contribution in [2.75, 3.05) is 32.7 Å². The summed E-state index contributed by atoms with van der Waals surface area (Å²) < 4.78 is 0. The minimum absolute atomic E-state index is 0.326. The zero-order valence-electron chi connectivity index (χ0n) is 19.0. The van der Waals surface area contributed by atoms with E-state index in [1.807, 2.05) is 0 Å². The van der Waals surface area contributed by atoms with E-state index in [4.69, 9.17) is 0 Å². The summed E-state index contributed by atoms with van der Waals surface area (Å²) in [6, 6.07) is 23.4. The summed E-state index contributed by atoms with van der Waals surface area (Å²) in [5.74, 6) is 0.326. The topological polar surface area (TPSA) is 38.8 Å². The summed E-state index contributed by atoms with van der Waals surface area (Å²) in [6.07, 6.45) is 4.82.